The van der Waals surface area contributed by atoms with Crippen molar-refractivity contribution in [3.8, 4) is 0 Å². The lowest BCUT2D eigenvalue weighted by atomic mass is 9.92. The number of amides is 1. The summed E-state index contributed by atoms with van der Waals surface area (Å²) in [5.41, 5.74) is 13.3. The highest BCUT2D eigenvalue weighted by molar-refractivity contribution is 6.30. The second-order valence-electron chi connectivity index (χ2n) is 11.3. The fourth-order valence-corrected chi connectivity index (χ4v) is 5.66. The summed E-state index contributed by atoms with van der Waals surface area (Å²) in [6.45, 7) is 3.06. The summed E-state index contributed by atoms with van der Waals surface area (Å²) < 4.78 is 31.7. The number of hydrogen-bond donors (Lipinski definition) is 4. The number of halogens is 2. The number of amidine groups is 1. The molecule has 0 saturated carbocycles. The van der Waals surface area contributed by atoms with E-state index in [4.69, 9.17) is 5.73 Å². The van der Waals surface area contributed by atoms with Gasteiger partial charge < -0.3 is 20.8 Å². The summed E-state index contributed by atoms with van der Waals surface area (Å²) in [5, 5.41) is 9.52. The van der Waals surface area contributed by atoms with E-state index in [1.54, 1.807) is 0 Å². The number of carbonyl (C=O) groups excluding carboxylic acids is 1. The number of allylic oxidation sites excluding steroid dienone is 1. The number of aromatic nitrogens is 1. The molecule has 5 N–H and O–H groups in total. The van der Waals surface area contributed by atoms with Gasteiger partial charge in [-0.3, -0.25) is 19.5 Å². The van der Waals surface area contributed by atoms with Crippen molar-refractivity contribution in [1.82, 2.24) is 14.7 Å². The molecule has 11 heteroatoms. The largest absolute Gasteiger partial charge is 0.553 e. The Kier molecular flexibility index (Phi) is 8.84. The molecule has 231 valence electrons. The predicted octanol–water partition coefficient (Wildman–Crippen LogP) is 4.99. The van der Waals surface area contributed by atoms with Gasteiger partial charge in [-0.1, -0.05) is 42.5 Å². The topological polar surface area (TPSA) is 90.4 Å². The molecule has 8 nitrogen and oxygen atoms in total. The molecule has 0 aliphatic carbocycles. The minimum Gasteiger partial charge on any atom is -0.400 e. The maximum absolute atomic E-state index is 13.8. The van der Waals surface area contributed by atoms with Crippen LogP contribution in [0.5, 0.6) is 0 Å². The Hall–Kier alpha value is -5.42. The molecule has 2 aliphatic rings. The van der Waals surface area contributed by atoms with Crippen LogP contribution in [0, 0.1) is 11.6 Å². The van der Waals surface area contributed by atoms with E-state index < -0.39 is 11.6 Å². The Morgan fingerprint density at radius 1 is 0.978 bits per heavy atom. The van der Waals surface area contributed by atoms with E-state index in [1.165, 1.54) is 24.6 Å². The molecule has 0 atom stereocenters. The highest BCUT2D eigenvalue weighted by Crippen LogP contribution is 2.35. The summed E-state index contributed by atoms with van der Waals surface area (Å²) in [7, 11) is 3.99. The maximum atomic E-state index is 13.8. The van der Waals surface area contributed by atoms with Crippen molar-refractivity contribution in [1.29, 1.82) is 0 Å². The number of nitrogens with one attached hydrogen (secondary N) is 3. The molecule has 0 bridgehead atoms. The van der Waals surface area contributed by atoms with E-state index >= 15 is 0 Å². The average molecular weight is 618 g/mol. The van der Waals surface area contributed by atoms with Crippen LogP contribution in [-0.4, -0.2) is 46.7 Å². The second kappa shape index (κ2) is 13.3. The number of likely N-dealkylation sites (N-methyl/N-ethyl adjacent to an activating group) is 1. The van der Waals surface area contributed by atoms with Gasteiger partial charge in [0.25, 0.3) is 5.84 Å². The molecule has 1 aromatic heterocycles. The number of fused-ring (bicyclic) bond motifs is 2. The predicted molar refractivity (Wildman–Crippen MR) is 179 cm³/mol. The third-order valence-corrected chi connectivity index (χ3v) is 7.62. The Labute approximate surface area is 267 Å². The van der Waals surface area contributed by atoms with Gasteiger partial charge in [0.2, 0.25) is 5.91 Å². The molecular formula is C35H34BF2N7O+. The molecule has 46 heavy (non-hydrogen) atoms. The Morgan fingerprint density at radius 3 is 2.43 bits per heavy atom. The molecule has 1 radical (unpaired) electrons. The molecule has 2 aliphatic heterocycles. The van der Waals surface area contributed by atoms with Crippen LogP contribution in [0.15, 0.2) is 115 Å². The maximum Gasteiger partial charge on any atom is 0.553 e. The quantitative estimate of drug-likeness (QED) is 0.188. The molecule has 0 fully saturated rings. The van der Waals surface area contributed by atoms with Crippen LogP contribution < -0.4 is 21.7 Å². The first-order chi connectivity index (χ1) is 22.2. The minimum atomic E-state index is -0.620. The molecule has 0 unspecified atom stereocenters. The van der Waals surface area contributed by atoms with Crippen molar-refractivity contribution in [3.63, 3.8) is 0 Å². The van der Waals surface area contributed by atoms with Gasteiger partial charge in [0.15, 0.2) is 0 Å². The third kappa shape index (κ3) is 6.95. The van der Waals surface area contributed by atoms with Gasteiger partial charge in [-0.25, -0.2) is 8.78 Å². The van der Waals surface area contributed by atoms with Crippen molar-refractivity contribution in [2.24, 2.45) is 5.73 Å². The summed E-state index contributed by atoms with van der Waals surface area (Å²) >= 11 is 0. The highest BCUT2D eigenvalue weighted by atomic mass is 19.1. The van der Waals surface area contributed by atoms with Crippen molar-refractivity contribution < 1.29 is 18.1 Å². The van der Waals surface area contributed by atoms with Crippen LogP contribution in [0.25, 0.3) is 5.57 Å². The number of carbonyl (C=O) groups is 1. The van der Waals surface area contributed by atoms with Gasteiger partial charge in [0.1, 0.15) is 29.7 Å². The zero-order chi connectivity index (χ0) is 32.2. The Bertz CT molecular complexity index is 1880. The number of hydrogen-bond acceptors (Lipinski definition) is 5. The minimum absolute atomic E-state index is 0.140. The van der Waals surface area contributed by atoms with Crippen molar-refractivity contribution >= 4 is 36.4 Å². The van der Waals surface area contributed by atoms with Crippen molar-refractivity contribution in [2.45, 2.75) is 20.0 Å². The SMILES string of the molecule is CC(=O)Nc1ccc(C2=C3C=CC(NCc4cc(F)cc(F)c4)=[N+]3[B]n3c(NC=C(N)CN(C)Cc4ccccc4)ccc32)cc1. The summed E-state index contributed by atoms with van der Waals surface area (Å²) in [6.07, 6.45) is 5.75. The smallest absolute Gasteiger partial charge is 0.400 e. The number of anilines is 2. The van der Waals surface area contributed by atoms with Crippen molar-refractivity contribution in [2.75, 3.05) is 24.2 Å². The van der Waals surface area contributed by atoms with Crippen LogP contribution in [0.4, 0.5) is 20.3 Å². The van der Waals surface area contributed by atoms with E-state index in [-0.39, 0.29) is 12.5 Å². The van der Waals surface area contributed by atoms with Gasteiger partial charge in [0, 0.05) is 61.0 Å². The molecule has 4 aromatic rings. The molecule has 0 spiro atoms. The van der Waals surface area contributed by atoms with E-state index in [9.17, 15) is 13.6 Å². The Balaban J connectivity index is 1.29. The van der Waals surface area contributed by atoms with Crippen LogP contribution >= 0.6 is 0 Å². The van der Waals surface area contributed by atoms with E-state index in [0.717, 1.165) is 46.8 Å². The van der Waals surface area contributed by atoms with Crippen LogP contribution in [0.1, 0.15) is 29.3 Å². The standard InChI is InChI=1S/C35H34BF2N7O/c1-23(46)42-30-10-8-26(9-11-30)35-31-12-14-33(40-19-25-16-27(37)18-28(38)17-25)44(31)36-45-32(35)13-15-34(45)41-20-29(39)22-43(2)21-24-6-4-3-5-7-24/h3-18,20,40-41H,19,21-22,39H2,1-2H3,(H,42,46)/q+1. The van der Waals surface area contributed by atoms with Crippen molar-refractivity contribution in [3.05, 3.63) is 149 Å². The van der Waals surface area contributed by atoms with Gasteiger partial charge >= 0.3 is 7.55 Å². The van der Waals surface area contributed by atoms with Gasteiger partial charge in [-0.15, -0.1) is 0 Å². The van der Waals surface area contributed by atoms with Crippen LogP contribution in [0.3, 0.4) is 0 Å². The summed E-state index contributed by atoms with van der Waals surface area (Å²) in [5.74, 6) is 0.164. The second-order valence-corrected chi connectivity index (χ2v) is 11.3. The molecule has 3 heterocycles. The lowest BCUT2D eigenvalue weighted by Gasteiger charge is -2.22. The molecule has 1 amide bonds. The summed E-state index contributed by atoms with van der Waals surface area (Å²) in [4.78, 5) is 13.7. The van der Waals surface area contributed by atoms with E-state index in [2.05, 4.69) is 33.0 Å². The number of nitrogens with two attached hydrogens (primary N) is 1. The number of nitrogens with zero attached hydrogens (tertiary/aromatic N) is 3. The monoisotopic (exact) mass is 617 g/mol. The first-order valence-corrected chi connectivity index (χ1v) is 14.9. The van der Waals surface area contributed by atoms with Crippen LogP contribution in [0.2, 0.25) is 0 Å². The molecular weight excluding hydrogens is 583 g/mol. The first-order valence-electron chi connectivity index (χ1n) is 14.9. The lowest BCUT2D eigenvalue weighted by molar-refractivity contribution is -0.315. The van der Waals surface area contributed by atoms with Crippen LogP contribution in [-0.2, 0) is 17.9 Å². The van der Waals surface area contributed by atoms with Gasteiger partial charge in [0.05, 0.1) is 0 Å². The molecule has 6 rings (SSSR count). The average Bonchev–Trinajstić information content (AvgIpc) is 3.61. The lowest BCUT2D eigenvalue weighted by Crippen LogP contribution is -2.37. The number of rotatable bonds is 10. The van der Waals surface area contributed by atoms with Gasteiger partial charge in [-0.2, -0.15) is 0 Å². The fraction of sp³-hybridized carbons (Fsp3) is 0.143. The first kappa shape index (κ1) is 30.6. The van der Waals surface area contributed by atoms with E-state index in [1.807, 2.05) is 96.5 Å². The Morgan fingerprint density at radius 2 is 1.72 bits per heavy atom. The molecule has 3 aromatic carbocycles. The number of benzene rings is 3. The summed E-state index contributed by atoms with van der Waals surface area (Å²) in [6, 6.07) is 25.4. The normalized spacial score (nSPS) is 13.9. The van der Waals surface area contributed by atoms with E-state index in [0.29, 0.717) is 23.5 Å². The zero-order valence-corrected chi connectivity index (χ0v) is 25.6. The van der Waals surface area contributed by atoms with Gasteiger partial charge in [-0.05, 0) is 66.2 Å². The third-order valence-electron chi connectivity index (χ3n) is 7.62. The molecule has 0 saturated heterocycles. The zero-order valence-electron chi connectivity index (χ0n) is 25.6. The fourth-order valence-electron chi connectivity index (χ4n) is 5.66. The highest BCUT2D eigenvalue weighted by Gasteiger charge is 2.34.